The van der Waals surface area contributed by atoms with Gasteiger partial charge >= 0.3 is 0 Å². The number of nitrogens with zero attached hydrogens (tertiary/aromatic N) is 6. The third-order valence-corrected chi connectivity index (χ3v) is 6.09. The first-order chi connectivity index (χ1) is 17.2. The molecule has 0 amide bonds. The first kappa shape index (κ1) is 21.0. The van der Waals surface area contributed by atoms with Crippen LogP contribution in [-0.2, 0) is 0 Å². The first-order valence-electron chi connectivity index (χ1n) is 11.3. The van der Waals surface area contributed by atoms with E-state index in [0.29, 0.717) is 11.7 Å². The minimum absolute atomic E-state index is 0.216. The predicted octanol–water partition coefficient (Wildman–Crippen LogP) is 4.92. The van der Waals surface area contributed by atoms with Gasteiger partial charge in [-0.2, -0.15) is 4.98 Å². The zero-order valence-corrected chi connectivity index (χ0v) is 18.7. The van der Waals surface area contributed by atoms with Crippen LogP contribution in [0.25, 0.3) is 34.1 Å². The number of anilines is 2. The Kier molecular flexibility index (Phi) is 5.42. The number of halogens is 1. The maximum Gasteiger partial charge on any atom is 0.258 e. The van der Waals surface area contributed by atoms with Gasteiger partial charge in [0.25, 0.3) is 5.89 Å². The second-order valence-electron chi connectivity index (χ2n) is 8.24. The van der Waals surface area contributed by atoms with Crippen LogP contribution in [0.4, 0.5) is 15.9 Å². The van der Waals surface area contributed by atoms with E-state index in [1.165, 1.54) is 12.1 Å². The van der Waals surface area contributed by atoms with Crippen LogP contribution < -0.4 is 9.80 Å². The van der Waals surface area contributed by atoms with E-state index < -0.39 is 0 Å². The molecule has 0 radical (unpaired) electrons. The Morgan fingerprint density at radius 3 is 2.11 bits per heavy atom. The lowest BCUT2D eigenvalue weighted by Gasteiger charge is -2.36. The number of pyridine rings is 1. The number of hydrogen-bond donors (Lipinski definition) is 0. The summed E-state index contributed by atoms with van der Waals surface area (Å²) in [4.78, 5) is 13.7. The molecular weight excluding hydrogens is 447 g/mol. The number of aromatic nitrogens is 4. The van der Waals surface area contributed by atoms with Gasteiger partial charge in [-0.15, -0.1) is 0 Å². The molecule has 3 aromatic heterocycles. The van der Waals surface area contributed by atoms with E-state index in [9.17, 15) is 4.39 Å². The average molecular weight is 468 g/mol. The fraction of sp³-hybridized carbons (Fsp3) is 0.154. The van der Waals surface area contributed by atoms with Gasteiger partial charge in [-0.25, -0.2) is 9.37 Å². The van der Waals surface area contributed by atoms with Crippen molar-refractivity contribution in [2.75, 3.05) is 36.0 Å². The van der Waals surface area contributed by atoms with E-state index in [-0.39, 0.29) is 5.82 Å². The smallest absolute Gasteiger partial charge is 0.258 e. The van der Waals surface area contributed by atoms with Gasteiger partial charge in [-0.3, -0.25) is 0 Å². The summed E-state index contributed by atoms with van der Waals surface area (Å²) in [6.07, 6.45) is 3.31. The van der Waals surface area contributed by atoms with Crippen molar-refractivity contribution in [2.45, 2.75) is 0 Å². The van der Waals surface area contributed by atoms with Crippen LogP contribution in [0, 0.1) is 5.82 Å². The van der Waals surface area contributed by atoms with Crippen molar-refractivity contribution in [2.24, 2.45) is 0 Å². The van der Waals surface area contributed by atoms with Crippen molar-refractivity contribution in [1.29, 1.82) is 0 Å². The normalized spacial score (nSPS) is 13.9. The lowest BCUT2D eigenvalue weighted by atomic mass is 10.1. The molecule has 5 aromatic rings. The maximum atomic E-state index is 13.2. The van der Waals surface area contributed by atoms with Gasteiger partial charge < -0.3 is 18.8 Å². The molecule has 1 fully saturated rings. The minimum Gasteiger partial charge on any atom is -0.368 e. The van der Waals surface area contributed by atoms with Gasteiger partial charge in [0.2, 0.25) is 5.82 Å². The Bertz CT molecular complexity index is 1390. The van der Waals surface area contributed by atoms with E-state index >= 15 is 0 Å². The molecule has 0 bridgehead atoms. The van der Waals surface area contributed by atoms with E-state index in [2.05, 4.69) is 30.1 Å². The van der Waals surface area contributed by atoms with E-state index in [1.807, 2.05) is 54.6 Å². The fourth-order valence-electron chi connectivity index (χ4n) is 4.15. The molecule has 35 heavy (non-hydrogen) atoms. The molecule has 0 spiro atoms. The van der Waals surface area contributed by atoms with E-state index in [0.717, 1.165) is 60.1 Å². The second kappa shape index (κ2) is 9.02. The number of benzene rings is 2. The van der Waals surface area contributed by atoms with Crippen molar-refractivity contribution in [3.8, 4) is 34.1 Å². The van der Waals surface area contributed by atoms with Gasteiger partial charge in [0, 0.05) is 60.8 Å². The largest absolute Gasteiger partial charge is 0.368 e. The van der Waals surface area contributed by atoms with Crippen molar-refractivity contribution in [3.05, 3.63) is 85.0 Å². The Hall–Kier alpha value is -4.53. The highest BCUT2D eigenvalue weighted by molar-refractivity contribution is 5.65. The summed E-state index contributed by atoms with van der Waals surface area (Å²) < 4.78 is 23.6. The van der Waals surface area contributed by atoms with E-state index in [4.69, 9.17) is 9.05 Å². The van der Waals surface area contributed by atoms with Gasteiger partial charge in [0.15, 0.2) is 0 Å². The maximum absolute atomic E-state index is 13.2. The molecular formula is C26H21FN6O2. The third-order valence-electron chi connectivity index (χ3n) is 6.09. The SMILES string of the molecule is Fc1ccc(N2CCN(c3ccc(-c4noc(-c5ccc(-c6ccon6)cc5)n4)cn3)CC2)cc1. The third kappa shape index (κ3) is 4.35. The van der Waals surface area contributed by atoms with Crippen LogP contribution in [0.3, 0.4) is 0 Å². The van der Waals surface area contributed by atoms with Crippen molar-refractivity contribution >= 4 is 11.5 Å². The topological polar surface area (TPSA) is 84.3 Å². The summed E-state index contributed by atoms with van der Waals surface area (Å²) in [6, 6.07) is 20.1. The summed E-state index contributed by atoms with van der Waals surface area (Å²) in [5.41, 5.74) is 4.36. The van der Waals surface area contributed by atoms with Crippen LogP contribution in [0.2, 0.25) is 0 Å². The Labute approximate surface area is 200 Å². The lowest BCUT2D eigenvalue weighted by Crippen LogP contribution is -2.46. The summed E-state index contributed by atoms with van der Waals surface area (Å²) in [5, 5.41) is 8.07. The molecule has 2 aromatic carbocycles. The molecule has 0 unspecified atom stereocenters. The number of hydrogen-bond acceptors (Lipinski definition) is 8. The molecule has 4 heterocycles. The van der Waals surface area contributed by atoms with Gasteiger partial charge in [-0.1, -0.05) is 22.4 Å². The monoisotopic (exact) mass is 468 g/mol. The first-order valence-corrected chi connectivity index (χ1v) is 11.3. The van der Waals surface area contributed by atoms with Crippen molar-refractivity contribution in [3.63, 3.8) is 0 Å². The van der Waals surface area contributed by atoms with Crippen LogP contribution in [0.1, 0.15) is 0 Å². The molecule has 0 atom stereocenters. The van der Waals surface area contributed by atoms with Crippen LogP contribution in [0.5, 0.6) is 0 Å². The molecule has 1 aliphatic heterocycles. The van der Waals surface area contributed by atoms with E-state index in [1.54, 1.807) is 12.5 Å². The molecule has 0 saturated carbocycles. The predicted molar refractivity (Wildman–Crippen MR) is 129 cm³/mol. The summed E-state index contributed by atoms with van der Waals surface area (Å²) in [7, 11) is 0. The Balaban J connectivity index is 1.11. The highest BCUT2D eigenvalue weighted by Crippen LogP contribution is 2.26. The summed E-state index contributed by atoms with van der Waals surface area (Å²) >= 11 is 0. The molecule has 6 rings (SSSR count). The minimum atomic E-state index is -0.216. The zero-order chi connectivity index (χ0) is 23.6. The van der Waals surface area contributed by atoms with Crippen LogP contribution >= 0.6 is 0 Å². The standard InChI is InChI=1S/C26H21FN6O2/c27-21-6-8-22(9-7-21)32-12-14-33(15-13-32)24-10-5-20(17-28-24)25-29-26(35-31-25)19-3-1-18(2-4-19)23-11-16-34-30-23/h1-11,16-17H,12-15H2. The highest BCUT2D eigenvalue weighted by atomic mass is 19.1. The Morgan fingerprint density at radius 1 is 0.714 bits per heavy atom. The molecule has 0 N–H and O–H groups in total. The van der Waals surface area contributed by atoms with Gasteiger partial charge in [-0.05, 0) is 48.5 Å². The highest BCUT2D eigenvalue weighted by Gasteiger charge is 2.19. The molecule has 1 aliphatic rings. The lowest BCUT2D eigenvalue weighted by molar-refractivity contribution is 0.422. The van der Waals surface area contributed by atoms with Gasteiger partial charge in [0.1, 0.15) is 23.6 Å². The second-order valence-corrected chi connectivity index (χ2v) is 8.24. The molecule has 8 nitrogen and oxygen atoms in total. The van der Waals surface area contributed by atoms with Crippen molar-refractivity contribution < 1.29 is 13.4 Å². The number of rotatable bonds is 5. The van der Waals surface area contributed by atoms with Crippen LogP contribution in [0.15, 0.2) is 88.2 Å². The van der Waals surface area contributed by atoms with Crippen LogP contribution in [-0.4, -0.2) is 46.5 Å². The average Bonchev–Trinajstić information content (AvgIpc) is 3.63. The van der Waals surface area contributed by atoms with Crippen molar-refractivity contribution in [1.82, 2.24) is 20.3 Å². The molecule has 174 valence electrons. The summed E-state index contributed by atoms with van der Waals surface area (Å²) in [5.74, 6) is 1.61. The quantitative estimate of drug-likeness (QED) is 0.359. The Morgan fingerprint density at radius 2 is 1.43 bits per heavy atom. The zero-order valence-electron chi connectivity index (χ0n) is 18.7. The summed E-state index contributed by atoms with van der Waals surface area (Å²) in [6.45, 7) is 3.36. The fourth-order valence-corrected chi connectivity index (χ4v) is 4.15. The molecule has 9 heteroatoms. The number of piperazine rings is 1. The molecule has 0 aliphatic carbocycles. The molecule has 1 saturated heterocycles. The van der Waals surface area contributed by atoms with Gasteiger partial charge in [0.05, 0.1) is 0 Å².